The Bertz CT molecular complexity index is 335. The van der Waals surface area contributed by atoms with Crippen molar-refractivity contribution in [1.29, 1.82) is 0 Å². The van der Waals surface area contributed by atoms with E-state index < -0.39 is 5.54 Å². The number of rotatable bonds is 4. The zero-order valence-electron chi connectivity index (χ0n) is 11.4. The molecule has 0 aromatic heterocycles. The van der Waals surface area contributed by atoms with Crippen molar-refractivity contribution >= 4 is 11.8 Å². The van der Waals surface area contributed by atoms with E-state index in [1.54, 1.807) is 0 Å². The summed E-state index contributed by atoms with van der Waals surface area (Å²) < 4.78 is 0. The molecule has 102 valence electrons. The van der Waals surface area contributed by atoms with Crippen LogP contribution in [0.1, 0.15) is 52.4 Å². The van der Waals surface area contributed by atoms with Crippen molar-refractivity contribution in [3.63, 3.8) is 0 Å². The Morgan fingerprint density at radius 3 is 2.33 bits per heavy atom. The quantitative estimate of drug-likeness (QED) is 0.798. The number of carbonyl (C=O) groups is 2. The van der Waals surface area contributed by atoms with Crippen molar-refractivity contribution in [1.82, 2.24) is 10.6 Å². The molecule has 0 aromatic rings. The van der Waals surface area contributed by atoms with Gasteiger partial charge >= 0.3 is 0 Å². The number of hydrogen-bond donors (Lipinski definition) is 2. The van der Waals surface area contributed by atoms with Gasteiger partial charge in [-0.1, -0.05) is 26.2 Å². The van der Waals surface area contributed by atoms with E-state index in [9.17, 15) is 9.59 Å². The van der Waals surface area contributed by atoms with E-state index in [1.807, 2.05) is 0 Å². The molecule has 2 fully saturated rings. The molecule has 2 rings (SSSR count). The predicted molar refractivity (Wildman–Crippen MR) is 69.9 cm³/mol. The summed E-state index contributed by atoms with van der Waals surface area (Å²) in [4.78, 5) is 23.7. The third-order valence-electron chi connectivity index (χ3n) is 4.36. The van der Waals surface area contributed by atoms with E-state index in [4.69, 9.17) is 0 Å². The molecule has 2 atom stereocenters. The van der Waals surface area contributed by atoms with E-state index in [-0.39, 0.29) is 11.8 Å². The summed E-state index contributed by atoms with van der Waals surface area (Å²) in [6.45, 7) is 4.47. The second-order valence-electron chi connectivity index (χ2n) is 6.01. The van der Waals surface area contributed by atoms with Crippen molar-refractivity contribution in [2.75, 3.05) is 6.54 Å². The van der Waals surface area contributed by atoms with Gasteiger partial charge in [0.1, 0.15) is 5.54 Å². The average Bonchev–Trinajstić information content (AvgIpc) is 3.02. The summed E-state index contributed by atoms with van der Waals surface area (Å²) in [5, 5.41) is 5.94. The fourth-order valence-electron chi connectivity index (χ4n) is 2.98. The summed E-state index contributed by atoms with van der Waals surface area (Å²) in [6.07, 6.45) is 5.97. The molecule has 0 radical (unpaired) electrons. The van der Waals surface area contributed by atoms with Gasteiger partial charge in [-0.05, 0) is 31.1 Å². The van der Waals surface area contributed by atoms with Crippen LogP contribution in [0.3, 0.4) is 0 Å². The van der Waals surface area contributed by atoms with Crippen molar-refractivity contribution in [3.05, 3.63) is 0 Å². The van der Waals surface area contributed by atoms with Gasteiger partial charge in [-0.15, -0.1) is 0 Å². The molecule has 4 heteroatoms. The minimum Gasteiger partial charge on any atom is -0.354 e. The minimum atomic E-state index is -0.637. The Hall–Kier alpha value is -1.06. The van der Waals surface area contributed by atoms with E-state index in [0.717, 1.165) is 44.6 Å². The first-order valence-corrected chi connectivity index (χ1v) is 7.10. The number of carbonyl (C=O) groups excluding carboxylic acids is 2. The highest BCUT2D eigenvalue weighted by atomic mass is 16.2. The van der Waals surface area contributed by atoms with Gasteiger partial charge in [0, 0.05) is 13.5 Å². The van der Waals surface area contributed by atoms with Crippen LogP contribution in [0, 0.1) is 11.8 Å². The average molecular weight is 252 g/mol. The summed E-state index contributed by atoms with van der Waals surface area (Å²) in [7, 11) is 0. The minimum absolute atomic E-state index is 0.0245. The first-order valence-electron chi connectivity index (χ1n) is 7.10. The molecule has 2 aliphatic carbocycles. The lowest BCUT2D eigenvalue weighted by Crippen LogP contribution is -2.59. The number of hydrogen-bond acceptors (Lipinski definition) is 2. The molecule has 0 heterocycles. The van der Waals surface area contributed by atoms with Gasteiger partial charge in [-0.3, -0.25) is 9.59 Å². The summed E-state index contributed by atoms with van der Waals surface area (Å²) >= 11 is 0. The molecule has 4 nitrogen and oxygen atoms in total. The van der Waals surface area contributed by atoms with Crippen LogP contribution in [0.15, 0.2) is 0 Å². The zero-order valence-corrected chi connectivity index (χ0v) is 11.4. The lowest BCUT2D eigenvalue weighted by Gasteiger charge is -2.36. The maximum atomic E-state index is 12.4. The van der Waals surface area contributed by atoms with Gasteiger partial charge in [0.15, 0.2) is 0 Å². The Kier molecular flexibility index (Phi) is 3.93. The molecule has 18 heavy (non-hydrogen) atoms. The molecule has 2 N–H and O–H groups in total. The van der Waals surface area contributed by atoms with Gasteiger partial charge in [-0.25, -0.2) is 0 Å². The van der Waals surface area contributed by atoms with Crippen LogP contribution < -0.4 is 10.6 Å². The third-order valence-corrected chi connectivity index (χ3v) is 4.36. The maximum Gasteiger partial charge on any atom is 0.245 e. The molecule has 2 aliphatic rings. The Balaban J connectivity index is 1.93. The van der Waals surface area contributed by atoms with E-state index >= 15 is 0 Å². The lowest BCUT2D eigenvalue weighted by molar-refractivity contribution is -0.134. The monoisotopic (exact) mass is 252 g/mol. The van der Waals surface area contributed by atoms with Crippen LogP contribution in [0.5, 0.6) is 0 Å². The SMILES string of the molecule is CC(=O)NC1(C(=O)NCC2CC2C)CCCCC1. The molecule has 0 bridgehead atoms. The van der Waals surface area contributed by atoms with Gasteiger partial charge in [0.2, 0.25) is 11.8 Å². The molecule has 2 unspecified atom stereocenters. The molecular formula is C14H24N2O2. The van der Waals surface area contributed by atoms with E-state index in [0.29, 0.717) is 5.92 Å². The van der Waals surface area contributed by atoms with Gasteiger partial charge in [-0.2, -0.15) is 0 Å². The molecule has 2 saturated carbocycles. The maximum absolute atomic E-state index is 12.4. The van der Waals surface area contributed by atoms with Crippen LogP contribution in [0.4, 0.5) is 0 Å². The third kappa shape index (κ3) is 3.03. The van der Waals surface area contributed by atoms with Crippen molar-refractivity contribution in [2.24, 2.45) is 11.8 Å². The van der Waals surface area contributed by atoms with Gasteiger partial charge in [0.05, 0.1) is 0 Å². The highest BCUT2D eigenvalue weighted by Gasteiger charge is 2.41. The fraction of sp³-hybridized carbons (Fsp3) is 0.857. The van der Waals surface area contributed by atoms with Crippen LogP contribution in [0.2, 0.25) is 0 Å². The molecular weight excluding hydrogens is 228 g/mol. The highest BCUT2D eigenvalue weighted by Crippen LogP contribution is 2.37. The first kappa shape index (κ1) is 13.4. The zero-order chi connectivity index (χ0) is 13.2. The fourth-order valence-corrected chi connectivity index (χ4v) is 2.98. The number of nitrogens with one attached hydrogen (secondary N) is 2. The Morgan fingerprint density at radius 1 is 1.22 bits per heavy atom. The van der Waals surface area contributed by atoms with Crippen LogP contribution >= 0.6 is 0 Å². The summed E-state index contributed by atoms with van der Waals surface area (Å²) in [5.41, 5.74) is -0.637. The Morgan fingerprint density at radius 2 is 1.83 bits per heavy atom. The number of amides is 2. The lowest BCUT2D eigenvalue weighted by atomic mass is 9.80. The van der Waals surface area contributed by atoms with Crippen molar-refractivity contribution in [3.8, 4) is 0 Å². The van der Waals surface area contributed by atoms with Crippen LogP contribution in [0.25, 0.3) is 0 Å². The molecule has 0 aromatic carbocycles. The second kappa shape index (κ2) is 5.29. The van der Waals surface area contributed by atoms with Gasteiger partial charge in [0.25, 0.3) is 0 Å². The van der Waals surface area contributed by atoms with E-state index in [2.05, 4.69) is 17.6 Å². The highest BCUT2D eigenvalue weighted by molar-refractivity contribution is 5.91. The largest absolute Gasteiger partial charge is 0.354 e. The standard InChI is InChI=1S/C14H24N2O2/c1-10-8-12(10)9-15-13(18)14(16-11(2)17)6-4-3-5-7-14/h10,12H,3-9H2,1-2H3,(H,15,18)(H,16,17). The van der Waals surface area contributed by atoms with E-state index in [1.165, 1.54) is 13.3 Å². The predicted octanol–water partition coefficient (Wildman–Crippen LogP) is 1.60. The van der Waals surface area contributed by atoms with Crippen LogP contribution in [-0.4, -0.2) is 23.9 Å². The smallest absolute Gasteiger partial charge is 0.245 e. The van der Waals surface area contributed by atoms with Crippen molar-refractivity contribution in [2.45, 2.75) is 57.9 Å². The van der Waals surface area contributed by atoms with Crippen LogP contribution in [-0.2, 0) is 9.59 Å². The molecule has 2 amide bonds. The molecule has 0 aliphatic heterocycles. The Labute approximate surface area is 109 Å². The second-order valence-corrected chi connectivity index (χ2v) is 6.01. The normalized spacial score (nSPS) is 29.4. The molecule has 0 saturated heterocycles. The first-order chi connectivity index (χ1) is 8.53. The van der Waals surface area contributed by atoms with Crippen molar-refractivity contribution < 1.29 is 9.59 Å². The summed E-state index contributed by atoms with van der Waals surface area (Å²) in [5.74, 6) is 1.31. The van der Waals surface area contributed by atoms with Gasteiger partial charge < -0.3 is 10.6 Å². The summed E-state index contributed by atoms with van der Waals surface area (Å²) in [6, 6.07) is 0. The topological polar surface area (TPSA) is 58.2 Å². The molecule has 0 spiro atoms.